The van der Waals surface area contributed by atoms with Crippen LogP contribution in [0.1, 0.15) is 32.6 Å². The highest BCUT2D eigenvalue weighted by Gasteiger charge is 2.38. The third-order valence-electron chi connectivity index (χ3n) is 4.00. The normalized spacial score (nSPS) is 28.4. The van der Waals surface area contributed by atoms with E-state index in [9.17, 15) is 0 Å². The van der Waals surface area contributed by atoms with Crippen LogP contribution in [0.5, 0.6) is 0 Å². The molecular formula is C12H24N2O. The molecule has 1 N–H and O–H groups in total. The van der Waals surface area contributed by atoms with Crippen LogP contribution in [0, 0.1) is 0 Å². The molecule has 1 spiro atoms. The van der Waals surface area contributed by atoms with Gasteiger partial charge in [0.1, 0.15) is 0 Å². The van der Waals surface area contributed by atoms with Gasteiger partial charge in [-0.05, 0) is 19.8 Å². The van der Waals surface area contributed by atoms with Crippen LogP contribution in [0.25, 0.3) is 0 Å². The monoisotopic (exact) mass is 212 g/mol. The molecule has 2 aliphatic rings. The van der Waals surface area contributed by atoms with Gasteiger partial charge in [-0.15, -0.1) is 0 Å². The van der Waals surface area contributed by atoms with Crippen LogP contribution in [0.4, 0.5) is 0 Å². The first-order valence-electron chi connectivity index (χ1n) is 6.24. The van der Waals surface area contributed by atoms with Gasteiger partial charge in [0.2, 0.25) is 0 Å². The first-order valence-corrected chi connectivity index (χ1v) is 6.24. The maximum absolute atomic E-state index is 5.25. The Morgan fingerprint density at radius 3 is 2.80 bits per heavy atom. The van der Waals surface area contributed by atoms with Crippen LogP contribution in [-0.4, -0.2) is 49.8 Å². The summed E-state index contributed by atoms with van der Waals surface area (Å²) < 4.78 is 5.25. The fourth-order valence-corrected chi connectivity index (χ4v) is 3.10. The summed E-state index contributed by atoms with van der Waals surface area (Å²) in [4.78, 5) is 2.59. The molecular weight excluding hydrogens is 188 g/mol. The third kappa shape index (κ3) is 2.52. The highest BCUT2D eigenvalue weighted by Crippen LogP contribution is 2.32. The summed E-state index contributed by atoms with van der Waals surface area (Å²) in [5.74, 6) is 0. The van der Waals surface area contributed by atoms with Gasteiger partial charge < -0.3 is 10.1 Å². The minimum absolute atomic E-state index is 0.445. The SMILES string of the molecule is COCC(C)N1CCNC2(CCCC2)C1. The number of nitrogens with one attached hydrogen (secondary N) is 1. The highest BCUT2D eigenvalue weighted by molar-refractivity contribution is 4.98. The second kappa shape index (κ2) is 4.81. The molecule has 1 saturated carbocycles. The minimum Gasteiger partial charge on any atom is -0.383 e. The zero-order chi connectivity index (χ0) is 10.7. The van der Waals surface area contributed by atoms with E-state index < -0.39 is 0 Å². The van der Waals surface area contributed by atoms with E-state index in [-0.39, 0.29) is 0 Å². The molecule has 2 fully saturated rings. The Morgan fingerprint density at radius 2 is 2.13 bits per heavy atom. The molecule has 0 aromatic carbocycles. The van der Waals surface area contributed by atoms with Crippen molar-refractivity contribution in [2.45, 2.75) is 44.2 Å². The Balaban J connectivity index is 1.91. The molecule has 1 aliphatic carbocycles. The molecule has 3 nitrogen and oxygen atoms in total. The molecule has 1 heterocycles. The van der Waals surface area contributed by atoms with E-state index in [2.05, 4.69) is 17.1 Å². The zero-order valence-corrected chi connectivity index (χ0v) is 10.1. The maximum atomic E-state index is 5.25. The van der Waals surface area contributed by atoms with Crippen molar-refractivity contribution in [2.75, 3.05) is 33.4 Å². The van der Waals surface area contributed by atoms with Crippen LogP contribution >= 0.6 is 0 Å². The van der Waals surface area contributed by atoms with Crippen molar-refractivity contribution in [3.05, 3.63) is 0 Å². The van der Waals surface area contributed by atoms with Crippen LogP contribution in [0.15, 0.2) is 0 Å². The lowest BCUT2D eigenvalue weighted by atomic mass is 9.94. The van der Waals surface area contributed by atoms with E-state index in [1.165, 1.54) is 38.8 Å². The Bertz CT molecular complexity index is 202. The molecule has 0 aromatic heterocycles. The molecule has 1 aliphatic heterocycles. The minimum atomic E-state index is 0.445. The van der Waals surface area contributed by atoms with Gasteiger partial charge in [0.15, 0.2) is 0 Å². The van der Waals surface area contributed by atoms with E-state index in [0.717, 1.165) is 13.2 Å². The molecule has 0 bridgehead atoms. The van der Waals surface area contributed by atoms with Gasteiger partial charge in [0.05, 0.1) is 6.61 Å². The number of piperazine rings is 1. The average Bonchev–Trinajstić information content (AvgIpc) is 2.67. The van der Waals surface area contributed by atoms with Gasteiger partial charge in [-0.2, -0.15) is 0 Å². The van der Waals surface area contributed by atoms with E-state index in [1.807, 2.05) is 0 Å². The molecule has 1 atom stereocenters. The van der Waals surface area contributed by atoms with Crippen molar-refractivity contribution in [1.29, 1.82) is 0 Å². The molecule has 1 saturated heterocycles. The molecule has 0 aromatic rings. The fraction of sp³-hybridized carbons (Fsp3) is 1.00. The van der Waals surface area contributed by atoms with Crippen molar-refractivity contribution < 1.29 is 4.74 Å². The number of hydrogen-bond donors (Lipinski definition) is 1. The van der Waals surface area contributed by atoms with E-state index >= 15 is 0 Å². The number of methoxy groups -OCH3 is 1. The Kier molecular flexibility index (Phi) is 3.65. The summed E-state index contributed by atoms with van der Waals surface area (Å²) >= 11 is 0. The summed E-state index contributed by atoms with van der Waals surface area (Å²) in [6.07, 6.45) is 5.53. The zero-order valence-electron chi connectivity index (χ0n) is 10.1. The van der Waals surface area contributed by atoms with Crippen molar-refractivity contribution in [3.8, 4) is 0 Å². The van der Waals surface area contributed by atoms with Crippen LogP contribution < -0.4 is 5.32 Å². The number of hydrogen-bond acceptors (Lipinski definition) is 3. The lowest BCUT2D eigenvalue weighted by Crippen LogP contribution is -2.61. The molecule has 88 valence electrons. The standard InChI is InChI=1S/C12H24N2O/c1-11(9-15-2)14-8-7-13-12(10-14)5-3-4-6-12/h11,13H,3-10H2,1-2H3. The Labute approximate surface area is 93.2 Å². The number of rotatable bonds is 3. The van der Waals surface area contributed by atoms with E-state index in [1.54, 1.807) is 7.11 Å². The summed E-state index contributed by atoms with van der Waals surface area (Å²) in [5, 5.41) is 3.74. The molecule has 15 heavy (non-hydrogen) atoms. The van der Waals surface area contributed by atoms with Gasteiger partial charge in [-0.3, -0.25) is 4.90 Å². The van der Waals surface area contributed by atoms with Crippen molar-refractivity contribution in [2.24, 2.45) is 0 Å². The largest absolute Gasteiger partial charge is 0.383 e. The quantitative estimate of drug-likeness (QED) is 0.762. The summed E-state index contributed by atoms with van der Waals surface area (Å²) in [5.41, 5.74) is 0.445. The molecule has 1 unspecified atom stereocenters. The number of ether oxygens (including phenoxy) is 1. The summed E-state index contributed by atoms with van der Waals surface area (Å²) in [6, 6.07) is 0.564. The van der Waals surface area contributed by atoms with E-state index in [4.69, 9.17) is 4.74 Å². The van der Waals surface area contributed by atoms with Gasteiger partial charge >= 0.3 is 0 Å². The lowest BCUT2D eigenvalue weighted by Gasteiger charge is -2.44. The van der Waals surface area contributed by atoms with Gasteiger partial charge in [-0.1, -0.05) is 12.8 Å². The van der Waals surface area contributed by atoms with Gasteiger partial charge in [-0.25, -0.2) is 0 Å². The Morgan fingerprint density at radius 1 is 1.40 bits per heavy atom. The van der Waals surface area contributed by atoms with Gasteiger partial charge in [0.25, 0.3) is 0 Å². The molecule has 2 rings (SSSR count). The van der Waals surface area contributed by atoms with Crippen LogP contribution in [0.3, 0.4) is 0 Å². The molecule has 0 radical (unpaired) electrons. The Hall–Kier alpha value is -0.120. The van der Waals surface area contributed by atoms with E-state index in [0.29, 0.717) is 11.6 Å². The molecule has 0 amide bonds. The van der Waals surface area contributed by atoms with Crippen molar-refractivity contribution in [1.82, 2.24) is 10.2 Å². The highest BCUT2D eigenvalue weighted by atomic mass is 16.5. The smallest absolute Gasteiger partial charge is 0.0615 e. The second-order valence-electron chi connectivity index (χ2n) is 5.19. The van der Waals surface area contributed by atoms with Crippen molar-refractivity contribution >= 4 is 0 Å². The molecule has 3 heteroatoms. The predicted molar refractivity (Wildman–Crippen MR) is 62.1 cm³/mol. The first-order chi connectivity index (χ1) is 7.26. The lowest BCUT2D eigenvalue weighted by molar-refractivity contribution is 0.0538. The maximum Gasteiger partial charge on any atom is 0.0615 e. The topological polar surface area (TPSA) is 24.5 Å². The fourth-order valence-electron chi connectivity index (χ4n) is 3.10. The van der Waals surface area contributed by atoms with Crippen LogP contribution in [0.2, 0.25) is 0 Å². The predicted octanol–water partition coefficient (Wildman–Crippen LogP) is 1.24. The summed E-state index contributed by atoms with van der Waals surface area (Å²) in [7, 11) is 1.80. The first kappa shape index (κ1) is 11.4. The summed E-state index contributed by atoms with van der Waals surface area (Å²) in [6.45, 7) is 6.67. The van der Waals surface area contributed by atoms with Crippen LogP contribution in [-0.2, 0) is 4.74 Å². The van der Waals surface area contributed by atoms with Crippen molar-refractivity contribution in [3.63, 3.8) is 0 Å². The average molecular weight is 212 g/mol. The number of nitrogens with zero attached hydrogens (tertiary/aromatic N) is 1. The third-order valence-corrected chi connectivity index (χ3v) is 4.00. The second-order valence-corrected chi connectivity index (χ2v) is 5.19. The van der Waals surface area contributed by atoms with Gasteiger partial charge in [0, 0.05) is 38.3 Å².